The summed E-state index contributed by atoms with van der Waals surface area (Å²) in [6.07, 6.45) is 1.61. The summed E-state index contributed by atoms with van der Waals surface area (Å²) < 4.78 is 13.5. The molecule has 0 radical (unpaired) electrons. The Bertz CT molecular complexity index is 830. The van der Waals surface area contributed by atoms with Crippen LogP contribution in [0.25, 0.3) is 5.57 Å². The molecule has 0 fully saturated rings. The number of benzene rings is 2. The van der Waals surface area contributed by atoms with E-state index in [2.05, 4.69) is 27.8 Å². The van der Waals surface area contributed by atoms with Gasteiger partial charge in [0.05, 0.1) is 5.57 Å². The molecule has 0 bridgehead atoms. The Hall–Kier alpha value is -2.86. The van der Waals surface area contributed by atoms with E-state index >= 15 is 0 Å². The molecule has 6 heteroatoms. The first kappa shape index (κ1) is 17.9. The molecule has 1 aliphatic heterocycles. The first-order chi connectivity index (χ1) is 12.4. The topological polar surface area (TPSA) is 56.4 Å². The van der Waals surface area contributed by atoms with E-state index in [4.69, 9.17) is 0 Å². The molecule has 0 spiro atoms. The highest BCUT2D eigenvalue weighted by Crippen LogP contribution is 2.32. The summed E-state index contributed by atoms with van der Waals surface area (Å²) in [5.74, 6) is -0.609. The van der Waals surface area contributed by atoms with Crippen LogP contribution in [0.5, 0.6) is 0 Å². The average molecular weight is 354 g/mol. The van der Waals surface area contributed by atoms with Crippen LogP contribution in [0.3, 0.4) is 0 Å². The van der Waals surface area contributed by atoms with Crippen molar-refractivity contribution >= 4 is 28.5 Å². The molecule has 1 atom stereocenters. The van der Waals surface area contributed by atoms with Crippen molar-refractivity contribution in [3.63, 3.8) is 0 Å². The number of nitrogens with zero attached hydrogens (tertiary/aromatic N) is 1. The third kappa shape index (κ3) is 4.21. The highest BCUT2D eigenvalue weighted by atomic mass is 19.1. The summed E-state index contributed by atoms with van der Waals surface area (Å²) in [4.78, 5) is 14.2. The minimum Gasteiger partial charge on any atom is -0.381 e. The minimum atomic E-state index is -0.367. The van der Waals surface area contributed by atoms with Crippen LogP contribution in [0.1, 0.15) is 12.5 Å². The van der Waals surface area contributed by atoms with Crippen molar-refractivity contribution in [1.29, 1.82) is 0 Å². The van der Waals surface area contributed by atoms with Gasteiger partial charge in [0, 0.05) is 41.4 Å². The maximum Gasteiger partial charge on any atom is 0.257 e. The molecular formula is C20H23FN4O. The highest BCUT2D eigenvalue weighted by molar-refractivity contribution is 6.31. The van der Waals surface area contributed by atoms with Crippen LogP contribution < -0.4 is 16.0 Å². The molecule has 136 valence electrons. The fourth-order valence-electron chi connectivity index (χ4n) is 3.00. The molecule has 0 saturated heterocycles. The van der Waals surface area contributed by atoms with Crippen LogP contribution in [0.4, 0.5) is 21.5 Å². The van der Waals surface area contributed by atoms with Crippen molar-refractivity contribution in [2.75, 3.05) is 36.6 Å². The number of likely N-dealkylation sites (N-methyl/N-ethyl adjacent to an activating group) is 1. The summed E-state index contributed by atoms with van der Waals surface area (Å²) >= 11 is 0. The molecule has 2 aromatic carbocycles. The van der Waals surface area contributed by atoms with Gasteiger partial charge in [0.1, 0.15) is 5.82 Å². The van der Waals surface area contributed by atoms with E-state index < -0.39 is 0 Å². The molecule has 0 aliphatic carbocycles. The van der Waals surface area contributed by atoms with E-state index in [1.165, 1.54) is 12.1 Å². The number of amides is 1. The normalized spacial score (nSPS) is 15.7. The fraction of sp³-hybridized carbons (Fsp3) is 0.250. The Kier molecular flexibility index (Phi) is 5.23. The zero-order chi connectivity index (χ0) is 18.7. The maximum atomic E-state index is 13.5. The van der Waals surface area contributed by atoms with Gasteiger partial charge in [-0.05, 0) is 63.5 Å². The maximum absolute atomic E-state index is 13.5. The number of rotatable bonds is 6. The van der Waals surface area contributed by atoms with Gasteiger partial charge >= 0.3 is 0 Å². The summed E-state index contributed by atoms with van der Waals surface area (Å²) in [5.41, 5.74) is 3.49. The molecular weight excluding hydrogens is 331 g/mol. The second-order valence-corrected chi connectivity index (χ2v) is 6.73. The average Bonchev–Trinajstić information content (AvgIpc) is 2.88. The van der Waals surface area contributed by atoms with Gasteiger partial charge in [-0.1, -0.05) is 0 Å². The van der Waals surface area contributed by atoms with Crippen molar-refractivity contribution < 1.29 is 9.18 Å². The summed E-state index contributed by atoms with van der Waals surface area (Å²) in [6.45, 7) is 3.07. The van der Waals surface area contributed by atoms with Gasteiger partial charge in [0.25, 0.3) is 5.91 Å². The molecule has 3 rings (SSSR count). The van der Waals surface area contributed by atoms with Crippen molar-refractivity contribution in [2.45, 2.75) is 13.0 Å². The quantitative estimate of drug-likeness (QED) is 0.694. The third-order valence-corrected chi connectivity index (χ3v) is 4.08. The van der Waals surface area contributed by atoms with E-state index in [1.807, 2.05) is 38.4 Å². The lowest BCUT2D eigenvalue weighted by Gasteiger charge is -2.19. The lowest BCUT2D eigenvalue weighted by atomic mass is 10.1. The Morgan fingerprint density at radius 3 is 2.54 bits per heavy atom. The number of hydrogen-bond donors (Lipinski definition) is 3. The molecule has 26 heavy (non-hydrogen) atoms. The Balaban J connectivity index is 1.68. The Labute approximate surface area is 152 Å². The monoisotopic (exact) mass is 354 g/mol. The molecule has 1 unspecified atom stereocenters. The lowest BCUT2D eigenvalue weighted by Crippen LogP contribution is -2.29. The summed E-state index contributed by atoms with van der Waals surface area (Å²) in [5, 5.41) is 9.27. The zero-order valence-electron chi connectivity index (χ0n) is 15.1. The second kappa shape index (κ2) is 7.58. The molecule has 5 nitrogen and oxygen atoms in total. The van der Waals surface area contributed by atoms with Crippen molar-refractivity contribution in [3.05, 3.63) is 60.0 Å². The molecule has 1 amide bonds. The van der Waals surface area contributed by atoms with Gasteiger partial charge in [-0.25, -0.2) is 4.39 Å². The van der Waals surface area contributed by atoms with Gasteiger partial charge in [-0.15, -0.1) is 0 Å². The van der Waals surface area contributed by atoms with Gasteiger partial charge < -0.3 is 20.9 Å². The van der Waals surface area contributed by atoms with Gasteiger partial charge in [0.15, 0.2) is 0 Å². The van der Waals surface area contributed by atoms with Crippen molar-refractivity contribution in [2.24, 2.45) is 0 Å². The van der Waals surface area contributed by atoms with Crippen LogP contribution >= 0.6 is 0 Å². The van der Waals surface area contributed by atoms with Crippen molar-refractivity contribution in [1.82, 2.24) is 4.90 Å². The number of carbonyl (C=O) groups is 1. The molecule has 2 aromatic rings. The lowest BCUT2D eigenvalue weighted by molar-refractivity contribution is -0.110. The Morgan fingerprint density at radius 1 is 1.15 bits per heavy atom. The SMILES string of the molecule is CC(CN(C)C)Nc1ccc(N/C=C2/C(=O)Nc3ccc(F)cc32)cc1. The minimum absolute atomic E-state index is 0.242. The van der Waals surface area contributed by atoms with Crippen LogP contribution in [0.15, 0.2) is 48.7 Å². The number of carbonyl (C=O) groups excluding carboxylic acids is 1. The number of fused-ring (bicyclic) bond motifs is 1. The predicted molar refractivity (Wildman–Crippen MR) is 105 cm³/mol. The van der Waals surface area contributed by atoms with Crippen LogP contribution in [-0.4, -0.2) is 37.5 Å². The number of halogens is 1. The molecule has 1 heterocycles. The van der Waals surface area contributed by atoms with Gasteiger partial charge in [-0.2, -0.15) is 0 Å². The largest absolute Gasteiger partial charge is 0.381 e. The smallest absolute Gasteiger partial charge is 0.257 e. The molecule has 0 saturated carbocycles. The summed E-state index contributed by atoms with van der Waals surface area (Å²) in [7, 11) is 4.09. The zero-order valence-corrected chi connectivity index (χ0v) is 15.1. The van der Waals surface area contributed by atoms with Crippen LogP contribution in [0.2, 0.25) is 0 Å². The second-order valence-electron chi connectivity index (χ2n) is 6.73. The fourth-order valence-corrected chi connectivity index (χ4v) is 3.00. The molecule has 1 aliphatic rings. The number of nitrogens with one attached hydrogen (secondary N) is 3. The Morgan fingerprint density at radius 2 is 1.85 bits per heavy atom. The van der Waals surface area contributed by atoms with Gasteiger partial charge in [0.2, 0.25) is 0 Å². The number of hydrogen-bond acceptors (Lipinski definition) is 4. The van der Waals surface area contributed by atoms with Crippen LogP contribution in [0, 0.1) is 5.82 Å². The first-order valence-electron chi connectivity index (χ1n) is 8.51. The van der Waals surface area contributed by atoms with E-state index in [-0.39, 0.29) is 11.7 Å². The van der Waals surface area contributed by atoms with Gasteiger partial charge in [-0.3, -0.25) is 4.79 Å². The predicted octanol–water partition coefficient (Wildman–Crippen LogP) is 3.59. The summed E-state index contributed by atoms with van der Waals surface area (Å²) in [6, 6.07) is 12.4. The number of anilines is 3. The van der Waals surface area contributed by atoms with Crippen molar-refractivity contribution in [3.8, 4) is 0 Å². The van der Waals surface area contributed by atoms with E-state index in [0.29, 0.717) is 22.9 Å². The van der Waals surface area contributed by atoms with E-state index in [0.717, 1.165) is 17.9 Å². The van der Waals surface area contributed by atoms with Crippen LogP contribution in [-0.2, 0) is 4.79 Å². The molecule has 0 aromatic heterocycles. The molecule has 3 N–H and O–H groups in total. The van der Waals surface area contributed by atoms with E-state index in [9.17, 15) is 9.18 Å². The highest BCUT2D eigenvalue weighted by Gasteiger charge is 2.24. The van der Waals surface area contributed by atoms with E-state index in [1.54, 1.807) is 12.3 Å². The first-order valence-corrected chi connectivity index (χ1v) is 8.51. The standard InChI is InChI=1S/C20H23FN4O/c1-13(12-25(2)3)23-16-7-5-15(6-8-16)22-11-18-17-10-14(21)4-9-19(17)24-20(18)26/h4-11,13,22-23H,12H2,1-3H3,(H,24,26)/b18-11+. The third-order valence-electron chi connectivity index (χ3n) is 4.08.